The van der Waals surface area contributed by atoms with Crippen LogP contribution in [0, 0.1) is 17.8 Å². The molecule has 0 saturated carbocycles. The number of piperidine rings is 1. The van der Waals surface area contributed by atoms with Gasteiger partial charge < -0.3 is 4.90 Å². The predicted molar refractivity (Wildman–Crippen MR) is 82.7 cm³/mol. The van der Waals surface area contributed by atoms with Crippen LogP contribution in [0.25, 0.3) is 0 Å². The lowest BCUT2D eigenvalue weighted by Gasteiger charge is -2.46. The van der Waals surface area contributed by atoms with Crippen molar-refractivity contribution in [2.45, 2.75) is 6.04 Å². The molecule has 2 fully saturated rings. The average Bonchev–Trinajstić information content (AvgIpc) is 2.78. The van der Waals surface area contributed by atoms with E-state index in [2.05, 4.69) is 0 Å². The smallest absolute Gasteiger partial charge is 0.240 e. The molecular weight excluding hydrogens is 284 g/mol. The maximum atomic E-state index is 12.8. The fourth-order valence-corrected chi connectivity index (χ4v) is 4.09. The summed E-state index contributed by atoms with van der Waals surface area (Å²) >= 11 is 5.44. The van der Waals surface area contributed by atoms with E-state index in [0.29, 0.717) is 5.69 Å². The standard InChI is InChI=1S/C16H14N2O2S/c1-17-11-8-7-10(16(17)21)12-13(11)15(20)18(14(12)19)9-5-3-2-4-6-9/h2-8,10-13H,1H3/t10-,11+,12+,13-/m0/s1. The van der Waals surface area contributed by atoms with Crippen LogP contribution in [0.5, 0.6) is 0 Å². The van der Waals surface area contributed by atoms with Crippen molar-refractivity contribution in [2.24, 2.45) is 17.8 Å². The number of hydrogen-bond acceptors (Lipinski definition) is 3. The van der Waals surface area contributed by atoms with Crippen molar-refractivity contribution in [3.8, 4) is 0 Å². The van der Waals surface area contributed by atoms with Crippen LogP contribution in [0.2, 0.25) is 0 Å². The minimum Gasteiger partial charge on any atom is -0.361 e. The normalized spacial score (nSPS) is 33.9. The molecule has 1 aromatic rings. The first-order valence-corrected chi connectivity index (χ1v) is 7.40. The molecule has 0 N–H and O–H groups in total. The predicted octanol–water partition coefficient (Wildman–Crippen LogP) is 1.62. The molecular formula is C16H14N2O2S. The van der Waals surface area contributed by atoms with Crippen molar-refractivity contribution in [1.29, 1.82) is 0 Å². The number of hydrogen-bond donors (Lipinski definition) is 0. The summed E-state index contributed by atoms with van der Waals surface area (Å²) in [4.78, 5) is 29.6. The Balaban J connectivity index is 1.80. The van der Waals surface area contributed by atoms with E-state index in [0.717, 1.165) is 4.99 Å². The van der Waals surface area contributed by atoms with Gasteiger partial charge in [-0.05, 0) is 12.1 Å². The van der Waals surface area contributed by atoms with Crippen LogP contribution in [0.4, 0.5) is 5.69 Å². The Labute approximate surface area is 128 Å². The first kappa shape index (κ1) is 12.7. The molecule has 3 aliphatic heterocycles. The molecule has 3 heterocycles. The minimum absolute atomic E-state index is 0.0994. The van der Waals surface area contributed by atoms with Gasteiger partial charge in [0.2, 0.25) is 11.8 Å². The number of benzene rings is 1. The third-order valence-corrected chi connectivity index (χ3v) is 5.32. The summed E-state index contributed by atoms with van der Waals surface area (Å²) in [6, 6.07) is 9.03. The lowest BCUT2D eigenvalue weighted by molar-refractivity contribution is -0.122. The lowest BCUT2D eigenvalue weighted by Crippen LogP contribution is -2.57. The zero-order chi connectivity index (χ0) is 14.7. The van der Waals surface area contributed by atoms with Gasteiger partial charge in [0.15, 0.2) is 0 Å². The molecule has 5 heteroatoms. The third-order valence-electron chi connectivity index (χ3n) is 4.76. The van der Waals surface area contributed by atoms with Crippen LogP contribution in [0.1, 0.15) is 0 Å². The van der Waals surface area contributed by atoms with Gasteiger partial charge in [-0.1, -0.05) is 42.6 Å². The zero-order valence-corrected chi connectivity index (χ0v) is 12.3. The number of carbonyl (C=O) groups excluding carboxylic acids is 2. The number of para-hydroxylation sites is 1. The molecule has 0 unspecified atom stereocenters. The summed E-state index contributed by atoms with van der Waals surface area (Å²) in [6.45, 7) is 0. The van der Waals surface area contributed by atoms with Crippen LogP contribution >= 0.6 is 12.2 Å². The van der Waals surface area contributed by atoms with Crippen LogP contribution in [-0.4, -0.2) is 34.8 Å². The summed E-state index contributed by atoms with van der Waals surface area (Å²) in [5.41, 5.74) is 0.648. The molecule has 2 saturated heterocycles. The Bertz CT molecular complexity index is 685. The van der Waals surface area contributed by atoms with Crippen LogP contribution in [-0.2, 0) is 9.59 Å². The molecule has 5 rings (SSSR count). The van der Waals surface area contributed by atoms with E-state index >= 15 is 0 Å². The number of amides is 2. The first-order valence-electron chi connectivity index (χ1n) is 6.99. The van der Waals surface area contributed by atoms with Gasteiger partial charge in [0.1, 0.15) is 0 Å². The van der Waals surface area contributed by atoms with Crippen molar-refractivity contribution in [2.75, 3.05) is 11.9 Å². The van der Waals surface area contributed by atoms with Gasteiger partial charge in [0.05, 0.1) is 28.6 Å². The Morgan fingerprint density at radius 3 is 2.38 bits per heavy atom. The van der Waals surface area contributed by atoms with Gasteiger partial charge in [-0.2, -0.15) is 0 Å². The van der Waals surface area contributed by atoms with E-state index in [1.807, 2.05) is 42.3 Å². The van der Waals surface area contributed by atoms with Gasteiger partial charge in [-0.3, -0.25) is 9.59 Å². The summed E-state index contributed by atoms with van der Waals surface area (Å²) < 4.78 is 0. The van der Waals surface area contributed by atoms with Crippen molar-refractivity contribution < 1.29 is 9.59 Å². The van der Waals surface area contributed by atoms with E-state index in [-0.39, 0.29) is 35.6 Å². The minimum atomic E-state index is -0.337. The summed E-state index contributed by atoms with van der Waals surface area (Å²) in [5, 5.41) is 0. The van der Waals surface area contributed by atoms with Gasteiger partial charge in [0.25, 0.3) is 0 Å². The molecule has 106 valence electrons. The molecule has 0 radical (unpaired) electrons. The third kappa shape index (κ3) is 1.52. The Hall–Kier alpha value is -2.01. The highest BCUT2D eigenvalue weighted by Gasteiger charge is 2.60. The molecule has 21 heavy (non-hydrogen) atoms. The van der Waals surface area contributed by atoms with Gasteiger partial charge in [-0.25, -0.2) is 4.90 Å². The maximum absolute atomic E-state index is 12.8. The highest BCUT2D eigenvalue weighted by atomic mass is 32.1. The lowest BCUT2D eigenvalue weighted by atomic mass is 9.70. The summed E-state index contributed by atoms with van der Waals surface area (Å²) in [7, 11) is 1.91. The number of nitrogens with zero attached hydrogens (tertiary/aromatic N) is 2. The topological polar surface area (TPSA) is 40.6 Å². The van der Waals surface area contributed by atoms with Crippen molar-refractivity contribution in [1.82, 2.24) is 4.90 Å². The quantitative estimate of drug-likeness (QED) is 0.449. The molecule has 2 amide bonds. The molecule has 1 aliphatic carbocycles. The maximum Gasteiger partial charge on any atom is 0.240 e. The van der Waals surface area contributed by atoms with Crippen LogP contribution in [0.3, 0.4) is 0 Å². The van der Waals surface area contributed by atoms with Gasteiger partial charge in [-0.15, -0.1) is 0 Å². The van der Waals surface area contributed by atoms with Crippen molar-refractivity contribution in [3.05, 3.63) is 42.5 Å². The fourth-order valence-electron chi connectivity index (χ4n) is 3.74. The van der Waals surface area contributed by atoms with Gasteiger partial charge >= 0.3 is 0 Å². The molecule has 1 aromatic carbocycles. The monoisotopic (exact) mass is 298 g/mol. The molecule has 2 bridgehead atoms. The number of carbonyl (C=O) groups is 2. The Morgan fingerprint density at radius 1 is 1.00 bits per heavy atom. The number of likely N-dealkylation sites (N-methyl/N-ethyl adjacent to an activating group) is 1. The second-order valence-electron chi connectivity index (χ2n) is 5.75. The second-order valence-corrected chi connectivity index (χ2v) is 6.17. The largest absolute Gasteiger partial charge is 0.361 e. The molecule has 4 atom stereocenters. The highest BCUT2D eigenvalue weighted by molar-refractivity contribution is 7.80. The summed E-state index contributed by atoms with van der Waals surface area (Å²) in [6.07, 6.45) is 4.01. The van der Waals surface area contributed by atoms with Crippen molar-refractivity contribution in [3.63, 3.8) is 0 Å². The molecule has 0 spiro atoms. The SMILES string of the molecule is CN1C(=S)[C@H]2C=C[C@@H]1[C@@H]1C(=O)N(c3ccccc3)C(=O)[C@@H]12. The average molecular weight is 298 g/mol. The van der Waals surface area contributed by atoms with E-state index in [9.17, 15) is 9.59 Å². The molecule has 0 aromatic heterocycles. The Morgan fingerprint density at radius 2 is 1.67 bits per heavy atom. The number of anilines is 1. The first-order chi connectivity index (χ1) is 10.1. The van der Waals surface area contributed by atoms with E-state index in [1.165, 1.54) is 4.90 Å². The van der Waals surface area contributed by atoms with Gasteiger partial charge in [0, 0.05) is 13.0 Å². The molecule has 4 nitrogen and oxygen atoms in total. The second kappa shape index (κ2) is 4.24. The number of fused-ring (bicyclic) bond motifs is 1. The zero-order valence-electron chi connectivity index (χ0n) is 11.5. The van der Waals surface area contributed by atoms with E-state index in [1.54, 1.807) is 12.1 Å². The Kier molecular flexibility index (Phi) is 2.57. The van der Waals surface area contributed by atoms with Crippen LogP contribution < -0.4 is 4.90 Å². The van der Waals surface area contributed by atoms with Crippen LogP contribution in [0.15, 0.2) is 42.5 Å². The van der Waals surface area contributed by atoms with E-state index in [4.69, 9.17) is 12.2 Å². The number of thiocarbonyl (C=S) groups is 1. The fraction of sp³-hybridized carbons (Fsp3) is 0.312. The molecule has 4 aliphatic rings. The highest BCUT2D eigenvalue weighted by Crippen LogP contribution is 2.46. The number of imide groups is 1. The van der Waals surface area contributed by atoms with E-state index < -0.39 is 0 Å². The number of rotatable bonds is 1. The summed E-state index contributed by atoms with van der Waals surface area (Å²) in [5.74, 6) is -1.01. The van der Waals surface area contributed by atoms with Crippen molar-refractivity contribution >= 4 is 34.7 Å².